The number of rotatable bonds is 2. The lowest BCUT2D eigenvalue weighted by Crippen LogP contribution is -2.27. The summed E-state index contributed by atoms with van der Waals surface area (Å²) in [5.74, 6) is -0.186. The summed E-state index contributed by atoms with van der Waals surface area (Å²) in [7, 11) is -5.52. The van der Waals surface area contributed by atoms with Gasteiger partial charge in [0.1, 0.15) is 5.76 Å². The van der Waals surface area contributed by atoms with Crippen LogP contribution >= 0.6 is 0 Å². The highest BCUT2D eigenvalue weighted by molar-refractivity contribution is 7.87. The van der Waals surface area contributed by atoms with Crippen molar-refractivity contribution in [3.05, 3.63) is 11.8 Å². The van der Waals surface area contributed by atoms with E-state index in [0.29, 0.717) is 12.8 Å². The van der Waals surface area contributed by atoms with Gasteiger partial charge < -0.3 is 9.92 Å². The van der Waals surface area contributed by atoms with Gasteiger partial charge in [-0.3, -0.25) is 0 Å². The normalized spacial score (nSPS) is 23.5. The number of hydrogen-bond acceptors (Lipinski definition) is 4. The van der Waals surface area contributed by atoms with Gasteiger partial charge in [0.2, 0.25) is 0 Å². The zero-order valence-electron chi connectivity index (χ0n) is 7.62. The van der Waals surface area contributed by atoms with Crippen molar-refractivity contribution >= 4 is 10.1 Å². The molecule has 1 rings (SSSR count). The standard InChI is InChI=1S/C7H10F3NO3S/c8-7(9,10)15(12,13)14-6-3-1-5(11)2-4-6/h3,5H,1-2,4,11H2. The van der Waals surface area contributed by atoms with E-state index in [-0.39, 0.29) is 18.2 Å². The summed E-state index contributed by atoms with van der Waals surface area (Å²) in [6.45, 7) is 0. The Morgan fingerprint density at radius 2 is 2.07 bits per heavy atom. The highest BCUT2D eigenvalue weighted by Gasteiger charge is 2.48. The second kappa shape index (κ2) is 4.01. The molecular weight excluding hydrogens is 235 g/mol. The summed E-state index contributed by atoms with van der Waals surface area (Å²) in [4.78, 5) is 0. The van der Waals surface area contributed by atoms with Crippen LogP contribution in [0.15, 0.2) is 11.8 Å². The minimum Gasteiger partial charge on any atom is -0.381 e. The third-order valence-electron chi connectivity index (χ3n) is 1.91. The van der Waals surface area contributed by atoms with E-state index in [2.05, 4.69) is 4.18 Å². The Bertz CT molecular complexity index is 360. The van der Waals surface area contributed by atoms with Crippen LogP contribution in [0, 0.1) is 0 Å². The van der Waals surface area contributed by atoms with E-state index in [0.717, 1.165) is 0 Å². The maximum atomic E-state index is 11.9. The average molecular weight is 245 g/mol. The third kappa shape index (κ3) is 3.10. The van der Waals surface area contributed by atoms with Crippen LogP contribution in [0.5, 0.6) is 0 Å². The van der Waals surface area contributed by atoms with Crippen LogP contribution in [-0.2, 0) is 14.3 Å². The zero-order valence-corrected chi connectivity index (χ0v) is 8.44. The van der Waals surface area contributed by atoms with E-state index >= 15 is 0 Å². The maximum Gasteiger partial charge on any atom is 0.534 e. The van der Waals surface area contributed by atoms with Crippen LogP contribution in [0.1, 0.15) is 19.3 Å². The molecule has 8 heteroatoms. The molecule has 0 aromatic rings. The van der Waals surface area contributed by atoms with E-state index in [1.165, 1.54) is 6.08 Å². The summed E-state index contributed by atoms with van der Waals surface area (Å²) >= 11 is 0. The van der Waals surface area contributed by atoms with Gasteiger partial charge in [0, 0.05) is 12.5 Å². The molecule has 1 aliphatic rings. The van der Waals surface area contributed by atoms with Gasteiger partial charge in [0.15, 0.2) is 0 Å². The Kier molecular flexibility index (Phi) is 3.29. The molecule has 15 heavy (non-hydrogen) atoms. The van der Waals surface area contributed by atoms with Crippen molar-refractivity contribution in [1.29, 1.82) is 0 Å². The summed E-state index contributed by atoms with van der Waals surface area (Å²) < 4.78 is 60.8. The van der Waals surface area contributed by atoms with E-state index in [4.69, 9.17) is 5.73 Å². The van der Waals surface area contributed by atoms with Gasteiger partial charge >= 0.3 is 15.6 Å². The monoisotopic (exact) mass is 245 g/mol. The van der Waals surface area contributed by atoms with Gasteiger partial charge in [-0.25, -0.2) is 0 Å². The Morgan fingerprint density at radius 3 is 2.47 bits per heavy atom. The predicted octanol–water partition coefficient (Wildman–Crippen LogP) is 1.25. The van der Waals surface area contributed by atoms with E-state index in [1.54, 1.807) is 0 Å². The molecule has 0 aliphatic heterocycles. The van der Waals surface area contributed by atoms with Crippen molar-refractivity contribution in [1.82, 2.24) is 0 Å². The number of hydrogen-bond donors (Lipinski definition) is 1. The fraction of sp³-hybridized carbons (Fsp3) is 0.714. The lowest BCUT2D eigenvalue weighted by Gasteiger charge is -2.18. The predicted molar refractivity (Wildman–Crippen MR) is 46.0 cm³/mol. The molecule has 1 aliphatic carbocycles. The fourth-order valence-electron chi connectivity index (χ4n) is 1.09. The molecule has 1 atom stereocenters. The van der Waals surface area contributed by atoms with Crippen molar-refractivity contribution in [3.63, 3.8) is 0 Å². The average Bonchev–Trinajstić information content (AvgIpc) is 2.06. The lowest BCUT2D eigenvalue weighted by atomic mass is 10.0. The van der Waals surface area contributed by atoms with Crippen LogP contribution in [0.3, 0.4) is 0 Å². The van der Waals surface area contributed by atoms with Crippen molar-refractivity contribution in [2.75, 3.05) is 0 Å². The number of halogens is 3. The Morgan fingerprint density at radius 1 is 1.47 bits per heavy atom. The molecule has 0 aromatic heterocycles. The lowest BCUT2D eigenvalue weighted by molar-refractivity contribution is -0.0524. The van der Waals surface area contributed by atoms with Gasteiger partial charge in [0.05, 0.1) is 0 Å². The summed E-state index contributed by atoms with van der Waals surface area (Å²) in [5.41, 5.74) is 0.0931. The second-order valence-corrected chi connectivity index (χ2v) is 4.73. The SMILES string of the molecule is NC1CC=C(OS(=O)(=O)C(F)(F)F)CC1. The van der Waals surface area contributed by atoms with Gasteiger partial charge in [-0.15, -0.1) is 0 Å². The van der Waals surface area contributed by atoms with Crippen molar-refractivity contribution in [2.45, 2.75) is 30.8 Å². The van der Waals surface area contributed by atoms with Gasteiger partial charge in [0.25, 0.3) is 0 Å². The van der Waals surface area contributed by atoms with Crippen LogP contribution in [0.4, 0.5) is 13.2 Å². The Hall–Kier alpha value is -0.760. The second-order valence-electron chi connectivity index (χ2n) is 3.19. The zero-order chi connectivity index (χ0) is 11.7. The minimum absolute atomic E-state index is 0.108. The molecule has 2 N–H and O–H groups in total. The van der Waals surface area contributed by atoms with Crippen LogP contribution in [-0.4, -0.2) is 20.0 Å². The van der Waals surface area contributed by atoms with Crippen molar-refractivity contribution in [3.8, 4) is 0 Å². The topological polar surface area (TPSA) is 69.4 Å². The molecule has 0 amide bonds. The van der Waals surface area contributed by atoms with Gasteiger partial charge in [-0.1, -0.05) is 0 Å². The van der Waals surface area contributed by atoms with Crippen molar-refractivity contribution < 1.29 is 25.8 Å². The van der Waals surface area contributed by atoms with Crippen LogP contribution < -0.4 is 5.73 Å². The van der Waals surface area contributed by atoms with E-state index in [9.17, 15) is 21.6 Å². The first-order valence-electron chi connectivity index (χ1n) is 4.18. The molecule has 0 bridgehead atoms. The molecule has 88 valence electrons. The van der Waals surface area contributed by atoms with Gasteiger partial charge in [-0.05, 0) is 18.9 Å². The maximum absolute atomic E-state index is 11.9. The quantitative estimate of drug-likeness (QED) is 0.587. The number of nitrogens with two attached hydrogens (primary N) is 1. The molecule has 0 aromatic carbocycles. The smallest absolute Gasteiger partial charge is 0.381 e. The molecule has 0 heterocycles. The number of alkyl halides is 3. The van der Waals surface area contributed by atoms with Crippen LogP contribution in [0.25, 0.3) is 0 Å². The molecule has 1 unspecified atom stereocenters. The largest absolute Gasteiger partial charge is 0.534 e. The van der Waals surface area contributed by atoms with E-state index in [1.807, 2.05) is 0 Å². The van der Waals surface area contributed by atoms with Crippen molar-refractivity contribution in [2.24, 2.45) is 5.73 Å². The molecule has 0 spiro atoms. The Balaban J connectivity index is 2.72. The summed E-state index contributed by atoms with van der Waals surface area (Å²) in [6.07, 6.45) is 2.12. The first-order valence-corrected chi connectivity index (χ1v) is 5.58. The molecule has 0 saturated heterocycles. The van der Waals surface area contributed by atoms with E-state index < -0.39 is 15.6 Å². The van der Waals surface area contributed by atoms with Gasteiger partial charge in [-0.2, -0.15) is 21.6 Å². The third-order valence-corrected chi connectivity index (χ3v) is 2.91. The minimum atomic E-state index is -5.52. The number of allylic oxidation sites excluding steroid dienone is 1. The van der Waals surface area contributed by atoms with Crippen LogP contribution in [0.2, 0.25) is 0 Å². The molecule has 4 nitrogen and oxygen atoms in total. The Labute approximate surface area is 85.0 Å². The molecule has 0 saturated carbocycles. The summed E-state index contributed by atoms with van der Waals surface area (Å²) in [5, 5.41) is 0. The highest BCUT2D eigenvalue weighted by atomic mass is 32.2. The molecule has 0 radical (unpaired) electrons. The highest BCUT2D eigenvalue weighted by Crippen LogP contribution is 2.29. The first kappa shape index (κ1) is 12.3. The molecular formula is C7H10F3NO3S. The fourth-order valence-corrected chi connectivity index (χ4v) is 1.62. The summed E-state index contributed by atoms with van der Waals surface area (Å²) in [6, 6.07) is -0.147. The molecule has 0 fully saturated rings. The first-order chi connectivity index (χ1) is 6.72.